The molecule has 1 unspecified atom stereocenters. The van der Waals surface area contributed by atoms with Crippen molar-refractivity contribution in [2.45, 2.75) is 6.42 Å². The van der Waals surface area contributed by atoms with Crippen LogP contribution >= 0.6 is 11.3 Å². The van der Waals surface area contributed by atoms with Crippen LogP contribution in [-0.4, -0.2) is 33.0 Å². The summed E-state index contributed by atoms with van der Waals surface area (Å²) >= 11 is 1.26. The van der Waals surface area contributed by atoms with Crippen LogP contribution in [0.5, 0.6) is 0 Å². The number of carbonyl (C=O) groups is 3. The molecule has 1 heterocycles. The number of hydrogen-bond acceptors (Lipinski definition) is 5. The van der Waals surface area contributed by atoms with Crippen LogP contribution in [-0.2, 0) is 20.8 Å². The number of nitrogens with zero attached hydrogens (tertiary/aromatic N) is 1. The van der Waals surface area contributed by atoms with E-state index < -0.39 is 29.7 Å². The van der Waals surface area contributed by atoms with Crippen molar-refractivity contribution in [2.24, 2.45) is 17.6 Å². The smallest absolute Gasteiger partial charge is 0.318 e. The first kappa shape index (κ1) is 13.1. The number of thiazole rings is 1. The van der Waals surface area contributed by atoms with E-state index in [1.54, 1.807) is 5.38 Å². The Morgan fingerprint density at radius 1 is 1.35 bits per heavy atom. The van der Waals surface area contributed by atoms with E-state index in [-0.39, 0.29) is 6.42 Å². The van der Waals surface area contributed by atoms with Gasteiger partial charge in [-0.1, -0.05) is 0 Å². The van der Waals surface area contributed by atoms with Crippen molar-refractivity contribution in [1.82, 2.24) is 4.98 Å². The zero-order chi connectivity index (χ0) is 13.0. The van der Waals surface area contributed by atoms with Gasteiger partial charge >= 0.3 is 11.9 Å². The molecule has 0 radical (unpaired) electrons. The molecule has 0 aliphatic heterocycles. The van der Waals surface area contributed by atoms with E-state index in [4.69, 9.17) is 15.9 Å². The van der Waals surface area contributed by atoms with Gasteiger partial charge in [-0.3, -0.25) is 14.4 Å². The lowest BCUT2D eigenvalue weighted by atomic mass is 9.88. The van der Waals surface area contributed by atoms with Crippen molar-refractivity contribution in [3.05, 3.63) is 16.6 Å². The molecule has 0 saturated heterocycles. The maximum absolute atomic E-state index is 11.1. The van der Waals surface area contributed by atoms with E-state index in [2.05, 4.69) is 4.98 Å². The summed E-state index contributed by atoms with van der Waals surface area (Å²) < 4.78 is 0. The molecule has 1 aromatic heterocycles. The van der Waals surface area contributed by atoms with E-state index in [0.717, 1.165) is 0 Å². The lowest BCUT2D eigenvalue weighted by Crippen LogP contribution is -2.40. The predicted molar refractivity (Wildman–Crippen MR) is 57.3 cm³/mol. The average Bonchev–Trinajstić information content (AvgIpc) is 2.67. The van der Waals surface area contributed by atoms with Crippen molar-refractivity contribution in [1.29, 1.82) is 0 Å². The molecule has 0 aliphatic rings. The number of aromatic nitrogens is 1. The number of carboxylic acid groups (broad SMARTS) is 2. The molecule has 0 bridgehead atoms. The van der Waals surface area contributed by atoms with Gasteiger partial charge in [-0.05, 0) is 0 Å². The van der Waals surface area contributed by atoms with E-state index in [1.165, 1.54) is 16.8 Å². The summed E-state index contributed by atoms with van der Waals surface area (Å²) in [6.45, 7) is 0. The minimum atomic E-state index is -1.85. The first-order valence-electron chi connectivity index (χ1n) is 4.55. The van der Waals surface area contributed by atoms with Gasteiger partial charge in [0.1, 0.15) is 0 Å². The Labute approximate surface area is 99.9 Å². The molecule has 4 N–H and O–H groups in total. The third-order valence-corrected chi connectivity index (χ3v) is 2.85. The molecule has 7 nitrogen and oxygen atoms in total. The third kappa shape index (κ3) is 3.25. The van der Waals surface area contributed by atoms with Gasteiger partial charge in [-0.25, -0.2) is 4.98 Å². The Balaban J connectivity index is 2.95. The van der Waals surface area contributed by atoms with Crippen molar-refractivity contribution in [3.8, 4) is 0 Å². The number of carbonyl (C=O) groups excluding carboxylic acids is 1. The summed E-state index contributed by atoms with van der Waals surface area (Å²) in [5.41, 5.74) is 6.99. The molecule has 17 heavy (non-hydrogen) atoms. The number of hydrogen-bond donors (Lipinski definition) is 3. The second-order valence-electron chi connectivity index (χ2n) is 3.35. The SMILES string of the molecule is NC(=O)C(Cc1cscn1)C(C(=O)O)C(=O)O. The van der Waals surface area contributed by atoms with Crippen LogP contribution in [0.25, 0.3) is 0 Å². The highest BCUT2D eigenvalue weighted by molar-refractivity contribution is 7.07. The lowest BCUT2D eigenvalue weighted by molar-refractivity contribution is -0.159. The summed E-state index contributed by atoms with van der Waals surface area (Å²) in [7, 11) is 0. The first-order chi connectivity index (χ1) is 7.93. The molecule has 0 spiro atoms. The average molecular weight is 258 g/mol. The quantitative estimate of drug-likeness (QED) is 0.593. The van der Waals surface area contributed by atoms with Crippen LogP contribution in [0.3, 0.4) is 0 Å². The van der Waals surface area contributed by atoms with Crippen molar-refractivity contribution >= 4 is 29.2 Å². The first-order valence-corrected chi connectivity index (χ1v) is 5.49. The lowest BCUT2D eigenvalue weighted by Gasteiger charge is -2.16. The van der Waals surface area contributed by atoms with E-state index in [0.29, 0.717) is 5.69 Å². The highest BCUT2D eigenvalue weighted by Crippen LogP contribution is 2.18. The normalized spacial score (nSPS) is 12.3. The van der Waals surface area contributed by atoms with Crippen LogP contribution < -0.4 is 5.73 Å². The minimum absolute atomic E-state index is 0.0951. The number of aliphatic carboxylic acids is 2. The molecule has 1 rings (SSSR count). The summed E-state index contributed by atoms with van der Waals surface area (Å²) in [5.74, 6) is -7.30. The fourth-order valence-electron chi connectivity index (χ4n) is 1.40. The van der Waals surface area contributed by atoms with Crippen LogP contribution in [0.15, 0.2) is 10.9 Å². The van der Waals surface area contributed by atoms with Crippen LogP contribution in [0.4, 0.5) is 0 Å². The van der Waals surface area contributed by atoms with Gasteiger partial charge in [0.15, 0.2) is 5.92 Å². The zero-order valence-corrected chi connectivity index (χ0v) is 9.38. The summed E-state index contributed by atoms with van der Waals surface area (Å²) in [5, 5.41) is 19.2. The number of carboxylic acids is 2. The maximum Gasteiger partial charge on any atom is 0.318 e. The highest BCUT2D eigenvalue weighted by atomic mass is 32.1. The number of rotatable bonds is 6. The Hall–Kier alpha value is -1.96. The Morgan fingerprint density at radius 3 is 2.29 bits per heavy atom. The maximum atomic E-state index is 11.1. The molecule has 1 aromatic rings. The fourth-order valence-corrected chi connectivity index (χ4v) is 1.97. The monoisotopic (exact) mass is 258 g/mol. The molecule has 1 atom stereocenters. The number of amides is 1. The van der Waals surface area contributed by atoms with E-state index >= 15 is 0 Å². The summed E-state index contributed by atoms with van der Waals surface area (Å²) in [6.07, 6.45) is -0.0951. The van der Waals surface area contributed by atoms with Gasteiger partial charge < -0.3 is 15.9 Å². The van der Waals surface area contributed by atoms with Crippen LogP contribution in [0, 0.1) is 11.8 Å². The van der Waals surface area contributed by atoms with Crippen molar-refractivity contribution < 1.29 is 24.6 Å². The van der Waals surface area contributed by atoms with Crippen LogP contribution in [0.2, 0.25) is 0 Å². The Kier molecular flexibility index (Phi) is 4.16. The Bertz CT molecular complexity index is 417. The summed E-state index contributed by atoms with van der Waals surface area (Å²) in [4.78, 5) is 36.6. The van der Waals surface area contributed by atoms with Gasteiger partial charge in [-0.2, -0.15) is 0 Å². The van der Waals surface area contributed by atoms with Gasteiger partial charge in [0.05, 0.1) is 17.1 Å². The summed E-state index contributed by atoms with van der Waals surface area (Å²) in [6, 6.07) is 0. The second-order valence-corrected chi connectivity index (χ2v) is 4.07. The van der Waals surface area contributed by atoms with Crippen molar-refractivity contribution in [3.63, 3.8) is 0 Å². The largest absolute Gasteiger partial charge is 0.481 e. The molecule has 92 valence electrons. The van der Waals surface area contributed by atoms with E-state index in [9.17, 15) is 14.4 Å². The third-order valence-electron chi connectivity index (χ3n) is 2.21. The minimum Gasteiger partial charge on any atom is -0.481 e. The zero-order valence-electron chi connectivity index (χ0n) is 8.57. The second kappa shape index (κ2) is 5.39. The standard InChI is InChI=1S/C9H10N2O5S/c10-7(12)5(1-4-2-17-3-11-4)6(8(13)14)9(15)16/h2-3,5-6H,1H2,(H2,10,12)(H,13,14)(H,15,16). The van der Waals surface area contributed by atoms with Gasteiger partial charge in [0, 0.05) is 11.8 Å². The predicted octanol–water partition coefficient (Wildman–Crippen LogP) is -0.428. The fraction of sp³-hybridized carbons (Fsp3) is 0.333. The molecular formula is C9H10N2O5S. The molecule has 8 heteroatoms. The molecule has 0 aromatic carbocycles. The van der Waals surface area contributed by atoms with Crippen molar-refractivity contribution in [2.75, 3.05) is 0 Å². The van der Waals surface area contributed by atoms with E-state index in [1.807, 2.05) is 0 Å². The molecular weight excluding hydrogens is 248 g/mol. The number of nitrogens with two attached hydrogens (primary N) is 1. The topological polar surface area (TPSA) is 131 Å². The molecule has 0 saturated carbocycles. The highest BCUT2D eigenvalue weighted by Gasteiger charge is 2.38. The molecule has 0 fully saturated rings. The van der Waals surface area contributed by atoms with Crippen LogP contribution in [0.1, 0.15) is 5.69 Å². The Morgan fingerprint density at radius 2 is 1.94 bits per heavy atom. The molecule has 0 aliphatic carbocycles. The molecule has 1 amide bonds. The van der Waals surface area contributed by atoms with Gasteiger partial charge in [0.2, 0.25) is 5.91 Å². The van der Waals surface area contributed by atoms with Gasteiger partial charge in [0.25, 0.3) is 0 Å². The number of primary amides is 1. The van der Waals surface area contributed by atoms with Gasteiger partial charge in [-0.15, -0.1) is 11.3 Å².